The third-order valence-corrected chi connectivity index (χ3v) is 4.66. The second-order valence-electron chi connectivity index (χ2n) is 5.10. The highest BCUT2D eigenvalue weighted by atomic mass is 79.9. The van der Waals surface area contributed by atoms with E-state index in [1.165, 1.54) is 16.5 Å². The molecule has 0 aliphatic carbocycles. The molecule has 0 atom stereocenters. The number of aryl methyl sites for hydroxylation is 2. The zero-order valence-corrected chi connectivity index (χ0v) is 12.9. The molecule has 1 aromatic heterocycles. The molecule has 100 valence electrons. The van der Waals surface area contributed by atoms with Crippen LogP contribution in [0.25, 0.3) is 10.9 Å². The van der Waals surface area contributed by atoms with Crippen molar-refractivity contribution in [1.82, 2.24) is 10.3 Å². The van der Waals surface area contributed by atoms with E-state index in [2.05, 4.69) is 58.2 Å². The molecule has 0 amide bonds. The number of nitrogens with zero attached hydrogens (tertiary/aromatic N) is 2. The topological polar surface area (TPSA) is 28.2 Å². The predicted octanol–water partition coefficient (Wildman–Crippen LogP) is 3.02. The van der Waals surface area contributed by atoms with Crippen molar-refractivity contribution < 1.29 is 0 Å². The van der Waals surface area contributed by atoms with Crippen molar-refractivity contribution in [3.63, 3.8) is 0 Å². The highest BCUT2D eigenvalue weighted by Gasteiger charge is 2.14. The van der Waals surface area contributed by atoms with Crippen molar-refractivity contribution in [2.75, 3.05) is 31.1 Å². The third kappa shape index (κ3) is 2.35. The summed E-state index contributed by atoms with van der Waals surface area (Å²) in [6.07, 6.45) is 0. The molecular formula is C15H18BrN3. The smallest absolute Gasteiger partial charge is 0.129 e. The Morgan fingerprint density at radius 1 is 1.21 bits per heavy atom. The summed E-state index contributed by atoms with van der Waals surface area (Å²) >= 11 is 3.60. The number of hydrogen-bond donors (Lipinski definition) is 1. The van der Waals surface area contributed by atoms with Crippen LogP contribution in [0.15, 0.2) is 22.7 Å². The largest absolute Gasteiger partial charge is 0.354 e. The Morgan fingerprint density at radius 2 is 1.95 bits per heavy atom. The summed E-state index contributed by atoms with van der Waals surface area (Å²) in [6, 6.07) is 6.47. The van der Waals surface area contributed by atoms with E-state index in [-0.39, 0.29) is 0 Å². The summed E-state index contributed by atoms with van der Waals surface area (Å²) in [7, 11) is 0. The summed E-state index contributed by atoms with van der Waals surface area (Å²) in [6.45, 7) is 8.44. The summed E-state index contributed by atoms with van der Waals surface area (Å²) in [5.74, 6) is 1.10. The molecule has 0 spiro atoms. The number of nitrogens with one attached hydrogen (secondary N) is 1. The van der Waals surface area contributed by atoms with Crippen LogP contribution in [0.2, 0.25) is 0 Å². The van der Waals surface area contributed by atoms with E-state index in [1.54, 1.807) is 0 Å². The van der Waals surface area contributed by atoms with E-state index in [9.17, 15) is 0 Å². The lowest BCUT2D eigenvalue weighted by molar-refractivity contribution is 0.585. The van der Waals surface area contributed by atoms with E-state index < -0.39 is 0 Å². The molecule has 19 heavy (non-hydrogen) atoms. The van der Waals surface area contributed by atoms with Gasteiger partial charge in [-0.1, -0.05) is 22.0 Å². The molecule has 3 rings (SSSR count). The molecule has 2 heterocycles. The lowest BCUT2D eigenvalue weighted by atomic mass is 10.1. The Hall–Kier alpha value is -1.13. The van der Waals surface area contributed by atoms with Crippen molar-refractivity contribution in [2.45, 2.75) is 13.8 Å². The first kappa shape index (κ1) is 12.9. The maximum atomic E-state index is 4.89. The first-order valence-electron chi connectivity index (χ1n) is 6.69. The number of pyridine rings is 1. The van der Waals surface area contributed by atoms with Crippen LogP contribution in [-0.4, -0.2) is 31.2 Å². The molecule has 0 saturated carbocycles. The van der Waals surface area contributed by atoms with Crippen LogP contribution >= 0.6 is 15.9 Å². The normalized spacial score (nSPS) is 16.1. The molecule has 0 bridgehead atoms. The van der Waals surface area contributed by atoms with Gasteiger partial charge in [0.25, 0.3) is 0 Å². The van der Waals surface area contributed by atoms with E-state index in [0.717, 1.165) is 42.0 Å². The molecule has 4 heteroatoms. The number of hydrogen-bond acceptors (Lipinski definition) is 3. The van der Waals surface area contributed by atoms with Crippen molar-refractivity contribution in [2.24, 2.45) is 0 Å². The van der Waals surface area contributed by atoms with Crippen LogP contribution in [0, 0.1) is 13.8 Å². The number of piperazine rings is 1. The zero-order chi connectivity index (χ0) is 13.4. The second kappa shape index (κ2) is 5.10. The van der Waals surface area contributed by atoms with Crippen molar-refractivity contribution in [3.05, 3.63) is 33.8 Å². The molecule has 0 unspecified atom stereocenters. The third-order valence-electron chi connectivity index (χ3n) is 3.80. The van der Waals surface area contributed by atoms with Gasteiger partial charge in [0.1, 0.15) is 5.82 Å². The second-order valence-corrected chi connectivity index (χ2v) is 5.96. The van der Waals surface area contributed by atoms with Crippen LogP contribution in [0.3, 0.4) is 0 Å². The van der Waals surface area contributed by atoms with Gasteiger partial charge in [-0.05, 0) is 37.1 Å². The van der Waals surface area contributed by atoms with E-state index >= 15 is 0 Å². The van der Waals surface area contributed by atoms with Crippen LogP contribution in [0.4, 0.5) is 5.82 Å². The number of halogens is 1. The number of rotatable bonds is 1. The lowest BCUT2D eigenvalue weighted by Crippen LogP contribution is -2.43. The van der Waals surface area contributed by atoms with Gasteiger partial charge in [0.05, 0.1) is 5.52 Å². The van der Waals surface area contributed by atoms with Gasteiger partial charge in [0.2, 0.25) is 0 Å². The molecular weight excluding hydrogens is 302 g/mol. The minimum atomic E-state index is 1.03. The fraction of sp³-hybridized carbons (Fsp3) is 0.400. The minimum Gasteiger partial charge on any atom is -0.354 e. The maximum Gasteiger partial charge on any atom is 0.129 e. The van der Waals surface area contributed by atoms with Gasteiger partial charge in [-0.2, -0.15) is 0 Å². The van der Waals surface area contributed by atoms with Gasteiger partial charge in [0, 0.05) is 36.0 Å². The monoisotopic (exact) mass is 319 g/mol. The molecule has 1 aliphatic rings. The van der Waals surface area contributed by atoms with Crippen LogP contribution in [-0.2, 0) is 0 Å². The SMILES string of the molecule is Cc1cc(N2CCNCC2)nc2c(C)c(Br)ccc12. The van der Waals surface area contributed by atoms with Gasteiger partial charge in [-0.15, -0.1) is 0 Å². The van der Waals surface area contributed by atoms with Crippen molar-refractivity contribution >= 4 is 32.7 Å². The van der Waals surface area contributed by atoms with Crippen LogP contribution in [0.1, 0.15) is 11.1 Å². The Morgan fingerprint density at radius 3 is 2.68 bits per heavy atom. The van der Waals surface area contributed by atoms with Crippen molar-refractivity contribution in [1.29, 1.82) is 0 Å². The molecule has 3 nitrogen and oxygen atoms in total. The van der Waals surface area contributed by atoms with E-state index in [1.807, 2.05) is 0 Å². The molecule has 1 aliphatic heterocycles. The summed E-state index contributed by atoms with van der Waals surface area (Å²) < 4.78 is 1.13. The Labute approximate surface area is 122 Å². The summed E-state index contributed by atoms with van der Waals surface area (Å²) in [5, 5.41) is 4.63. The minimum absolute atomic E-state index is 1.03. The molecule has 1 aromatic carbocycles. The molecule has 1 fully saturated rings. The fourth-order valence-corrected chi connectivity index (χ4v) is 2.93. The number of anilines is 1. The Bertz CT molecular complexity index is 618. The van der Waals surface area contributed by atoms with Crippen molar-refractivity contribution in [3.8, 4) is 0 Å². The van der Waals surface area contributed by atoms with Gasteiger partial charge < -0.3 is 10.2 Å². The average molecular weight is 320 g/mol. The quantitative estimate of drug-likeness (QED) is 0.875. The highest BCUT2D eigenvalue weighted by Crippen LogP contribution is 2.29. The van der Waals surface area contributed by atoms with Crippen LogP contribution < -0.4 is 10.2 Å². The van der Waals surface area contributed by atoms with Gasteiger partial charge in [-0.3, -0.25) is 0 Å². The average Bonchev–Trinajstić information content (AvgIpc) is 2.44. The molecule has 0 radical (unpaired) electrons. The number of fused-ring (bicyclic) bond motifs is 1. The summed E-state index contributed by atoms with van der Waals surface area (Å²) in [4.78, 5) is 7.25. The van der Waals surface area contributed by atoms with Gasteiger partial charge in [0.15, 0.2) is 0 Å². The molecule has 1 saturated heterocycles. The van der Waals surface area contributed by atoms with E-state index in [4.69, 9.17) is 4.98 Å². The fourth-order valence-electron chi connectivity index (χ4n) is 2.61. The molecule has 2 aromatic rings. The maximum absolute atomic E-state index is 4.89. The standard InChI is InChI=1S/C15H18BrN3/c1-10-9-14(19-7-5-17-6-8-19)18-15-11(2)13(16)4-3-12(10)15/h3-4,9,17H,5-8H2,1-2H3. The predicted molar refractivity (Wildman–Crippen MR) is 84.0 cm³/mol. The Balaban J connectivity index is 2.14. The van der Waals surface area contributed by atoms with Crippen LogP contribution in [0.5, 0.6) is 0 Å². The first-order valence-corrected chi connectivity index (χ1v) is 7.48. The van der Waals surface area contributed by atoms with Gasteiger partial charge in [-0.25, -0.2) is 4.98 Å². The lowest BCUT2D eigenvalue weighted by Gasteiger charge is -2.29. The summed E-state index contributed by atoms with van der Waals surface area (Å²) in [5.41, 5.74) is 3.63. The number of aromatic nitrogens is 1. The Kier molecular flexibility index (Phi) is 3.46. The first-order chi connectivity index (χ1) is 9.16. The zero-order valence-electron chi connectivity index (χ0n) is 11.3. The molecule has 1 N–H and O–H groups in total. The highest BCUT2D eigenvalue weighted by molar-refractivity contribution is 9.10. The number of benzene rings is 1. The van der Waals surface area contributed by atoms with Gasteiger partial charge >= 0.3 is 0 Å². The van der Waals surface area contributed by atoms with E-state index in [0.29, 0.717) is 0 Å².